The number of benzene rings is 1. The number of carbonyl (C=O) groups excluding carboxylic acids is 1. The number of nitrogens with zero attached hydrogens (tertiary/aromatic N) is 3. The number of alkyl halides is 1. The van der Waals surface area contributed by atoms with Gasteiger partial charge in [-0.1, -0.05) is 24.8 Å². The molecule has 1 aromatic heterocycles. The number of aromatic nitrogens is 1. The van der Waals surface area contributed by atoms with Crippen molar-refractivity contribution < 1.29 is 13.6 Å². The standard InChI is InChI=1S/C21H20F2N4OS/c1-3-18-19(23)21(2,27-20(25)29-18)14-8-12(4-6-15(14)22)9-17(28)16-7-5-13(10-24)11-26-16/h4-8,11,18-19H,3,9H2,1-2H3,(H2,25,27)/t18-,19+,21-/m1/s1. The fraction of sp³-hybridized carbons (Fsp3) is 0.333. The number of nitrogens with two attached hydrogens (primary N) is 1. The smallest absolute Gasteiger partial charge is 0.185 e. The Labute approximate surface area is 172 Å². The molecule has 150 valence electrons. The van der Waals surface area contributed by atoms with E-state index in [2.05, 4.69) is 9.98 Å². The summed E-state index contributed by atoms with van der Waals surface area (Å²) in [7, 11) is 0. The Morgan fingerprint density at radius 2 is 2.14 bits per heavy atom. The van der Waals surface area contributed by atoms with E-state index in [1.807, 2.05) is 13.0 Å². The number of hydrogen-bond donors (Lipinski definition) is 1. The van der Waals surface area contributed by atoms with Crippen molar-refractivity contribution in [1.29, 1.82) is 5.26 Å². The zero-order chi connectivity index (χ0) is 21.2. The maximum Gasteiger partial charge on any atom is 0.185 e. The Bertz CT molecular complexity index is 1000. The number of hydrogen-bond acceptors (Lipinski definition) is 6. The van der Waals surface area contributed by atoms with Crippen molar-refractivity contribution in [2.75, 3.05) is 0 Å². The summed E-state index contributed by atoms with van der Waals surface area (Å²) in [6.07, 6.45) is 0.386. The number of carbonyl (C=O) groups is 1. The molecule has 2 heterocycles. The summed E-state index contributed by atoms with van der Waals surface area (Å²) >= 11 is 1.16. The highest BCUT2D eigenvalue weighted by Gasteiger charge is 2.46. The first kappa shape index (κ1) is 20.9. The van der Waals surface area contributed by atoms with Crippen LogP contribution >= 0.6 is 11.8 Å². The second kappa shape index (κ2) is 8.29. The van der Waals surface area contributed by atoms with Crippen LogP contribution in [0.5, 0.6) is 0 Å². The number of aliphatic imine (C=N–C) groups is 1. The number of rotatable bonds is 5. The van der Waals surface area contributed by atoms with Gasteiger partial charge in [0.05, 0.1) is 5.56 Å². The van der Waals surface area contributed by atoms with Crippen molar-refractivity contribution in [3.05, 3.63) is 64.7 Å². The molecule has 1 aromatic carbocycles. The van der Waals surface area contributed by atoms with Gasteiger partial charge in [-0.3, -0.25) is 9.78 Å². The van der Waals surface area contributed by atoms with Gasteiger partial charge in [0.2, 0.25) is 0 Å². The lowest BCUT2D eigenvalue weighted by molar-refractivity contribution is 0.0988. The largest absolute Gasteiger partial charge is 0.379 e. The van der Waals surface area contributed by atoms with E-state index < -0.39 is 22.8 Å². The molecule has 0 spiro atoms. The van der Waals surface area contributed by atoms with Crippen molar-refractivity contribution in [2.45, 2.75) is 43.6 Å². The van der Waals surface area contributed by atoms with Gasteiger partial charge in [0.15, 0.2) is 11.0 Å². The minimum Gasteiger partial charge on any atom is -0.379 e. The van der Waals surface area contributed by atoms with E-state index in [1.165, 1.54) is 43.5 Å². The third-order valence-electron chi connectivity index (χ3n) is 5.00. The van der Waals surface area contributed by atoms with Gasteiger partial charge in [0.1, 0.15) is 29.3 Å². The highest BCUT2D eigenvalue weighted by molar-refractivity contribution is 8.14. The van der Waals surface area contributed by atoms with Gasteiger partial charge in [0.25, 0.3) is 0 Å². The molecule has 1 aliphatic rings. The molecule has 0 fully saturated rings. The number of pyridine rings is 1. The molecule has 3 atom stereocenters. The number of halogens is 2. The van der Waals surface area contributed by atoms with Gasteiger partial charge in [-0.25, -0.2) is 13.8 Å². The summed E-state index contributed by atoms with van der Waals surface area (Å²) in [5, 5.41) is 8.61. The zero-order valence-electron chi connectivity index (χ0n) is 16.0. The fourth-order valence-electron chi connectivity index (χ4n) is 3.36. The molecule has 3 rings (SSSR count). The summed E-state index contributed by atoms with van der Waals surface area (Å²) in [5.74, 6) is -0.885. The number of thioether (sulfide) groups is 1. The van der Waals surface area contributed by atoms with E-state index in [9.17, 15) is 9.18 Å². The number of Topliss-reactive ketones (excluding diaryl/α,β-unsaturated/α-hetero) is 1. The van der Waals surface area contributed by atoms with Crippen molar-refractivity contribution in [3.8, 4) is 6.07 Å². The first-order valence-corrected chi connectivity index (χ1v) is 10.0. The van der Waals surface area contributed by atoms with Crippen LogP contribution < -0.4 is 5.73 Å². The van der Waals surface area contributed by atoms with Crippen molar-refractivity contribution >= 4 is 22.7 Å². The average molecular weight is 414 g/mol. The van der Waals surface area contributed by atoms with Crippen LogP contribution in [0, 0.1) is 17.1 Å². The summed E-state index contributed by atoms with van der Waals surface area (Å²) in [4.78, 5) is 20.7. The minimum atomic E-state index is -1.47. The normalized spacial score (nSPS) is 23.9. The number of ketones is 1. The number of nitriles is 1. The molecule has 2 N–H and O–H groups in total. The first-order valence-electron chi connectivity index (χ1n) is 9.12. The molecule has 2 aromatic rings. The lowest BCUT2D eigenvalue weighted by atomic mass is 9.83. The maximum absolute atomic E-state index is 15.2. The highest BCUT2D eigenvalue weighted by Crippen LogP contribution is 2.43. The molecule has 0 bridgehead atoms. The molecule has 0 unspecified atom stereocenters. The third-order valence-corrected chi connectivity index (χ3v) is 6.21. The molecule has 5 nitrogen and oxygen atoms in total. The molecular weight excluding hydrogens is 394 g/mol. The Balaban J connectivity index is 1.92. The van der Waals surface area contributed by atoms with Gasteiger partial charge in [0, 0.05) is 23.4 Å². The monoisotopic (exact) mass is 414 g/mol. The van der Waals surface area contributed by atoms with E-state index in [1.54, 1.807) is 0 Å². The molecule has 0 saturated heterocycles. The van der Waals surface area contributed by atoms with E-state index in [0.29, 0.717) is 17.5 Å². The van der Waals surface area contributed by atoms with Crippen LogP contribution in [-0.4, -0.2) is 27.4 Å². The quantitative estimate of drug-likeness (QED) is 0.749. The third kappa shape index (κ3) is 4.15. The second-order valence-corrected chi connectivity index (χ2v) is 8.28. The van der Waals surface area contributed by atoms with Crippen LogP contribution in [0.1, 0.15) is 47.4 Å². The Morgan fingerprint density at radius 1 is 1.38 bits per heavy atom. The van der Waals surface area contributed by atoms with Crippen LogP contribution in [-0.2, 0) is 12.0 Å². The number of amidine groups is 1. The lowest BCUT2D eigenvalue weighted by Crippen LogP contribution is -2.45. The average Bonchev–Trinajstić information content (AvgIpc) is 2.72. The fourth-order valence-corrected chi connectivity index (χ4v) is 4.47. The Kier molecular flexibility index (Phi) is 5.99. The molecule has 8 heteroatoms. The van der Waals surface area contributed by atoms with Crippen LogP contribution in [0.4, 0.5) is 8.78 Å². The molecule has 0 aliphatic carbocycles. The summed E-state index contributed by atoms with van der Waals surface area (Å²) < 4.78 is 29.9. The van der Waals surface area contributed by atoms with Gasteiger partial charge < -0.3 is 5.73 Å². The lowest BCUT2D eigenvalue weighted by Gasteiger charge is -2.38. The van der Waals surface area contributed by atoms with Crippen molar-refractivity contribution in [2.24, 2.45) is 10.7 Å². The second-order valence-electron chi connectivity index (χ2n) is 7.02. The van der Waals surface area contributed by atoms with Crippen molar-refractivity contribution in [1.82, 2.24) is 4.98 Å². The van der Waals surface area contributed by atoms with E-state index >= 15 is 4.39 Å². The van der Waals surface area contributed by atoms with Gasteiger partial charge >= 0.3 is 0 Å². The van der Waals surface area contributed by atoms with Crippen LogP contribution in [0.3, 0.4) is 0 Å². The van der Waals surface area contributed by atoms with Crippen LogP contribution in [0.25, 0.3) is 0 Å². The highest BCUT2D eigenvalue weighted by atomic mass is 32.2. The summed E-state index contributed by atoms with van der Waals surface area (Å²) in [6, 6.07) is 9.10. The SMILES string of the molecule is CC[C@H]1SC(N)=N[C@](C)(c2cc(CC(=O)c3ccc(C#N)cn3)ccc2F)[C@H]1F. The van der Waals surface area contributed by atoms with Crippen LogP contribution in [0.15, 0.2) is 41.5 Å². The minimum absolute atomic E-state index is 0.0373. The van der Waals surface area contributed by atoms with Gasteiger partial charge in [-0.2, -0.15) is 5.26 Å². The Morgan fingerprint density at radius 3 is 2.76 bits per heavy atom. The van der Waals surface area contributed by atoms with Crippen LogP contribution in [0.2, 0.25) is 0 Å². The molecule has 1 aliphatic heterocycles. The summed E-state index contributed by atoms with van der Waals surface area (Å²) in [6.45, 7) is 3.37. The van der Waals surface area contributed by atoms with Crippen molar-refractivity contribution in [3.63, 3.8) is 0 Å². The molecule has 29 heavy (non-hydrogen) atoms. The van der Waals surface area contributed by atoms with Gasteiger partial charge in [-0.05, 0) is 43.2 Å². The van der Waals surface area contributed by atoms with E-state index in [-0.39, 0.29) is 28.6 Å². The molecule has 0 radical (unpaired) electrons. The molecular formula is C21H20F2N4OS. The first-order chi connectivity index (χ1) is 13.8. The topological polar surface area (TPSA) is 92.1 Å². The molecule has 0 amide bonds. The maximum atomic E-state index is 15.2. The summed E-state index contributed by atoms with van der Waals surface area (Å²) in [5.41, 5.74) is 5.56. The molecule has 0 saturated carbocycles. The predicted octanol–water partition coefficient (Wildman–Crippen LogP) is 3.91. The van der Waals surface area contributed by atoms with E-state index in [0.717, 1.165) is 11.8 Å². The van der Waals surface area contributed by atoms with E-state index in [4.69, 9.17) is 11.0 Å². The predicted molar refractivity (Wildman–Crippen MR) is 109 cm³/mol. The van der Waals surface area contributed by atoms with Gasteiger partial charge in [-0.15, -0.1) is 0 Å². The Hall–Kier alpha value is -2.79. The zero-order valence-corrected chi connectivity index (χ0v) is 16.8.